The van der Waals surface area contributed by atoms with Crippen LogP contribution in [0.15, 0.2) is 42.7 Å². The third-order valence-corrected chi connectivity index (χ3v) is 13.2. The van der Waals surface area contributed by atoms with E-state index in [1.807, 2.05) is 83.2 Å². The van der Waals surface area contributed by atoms with E-state index >= 15 is 0 Å². The molecule has 0 spiro atoms. The van der Waals surface area contributed by atoms with E-state index in [1.165, 1.54) is 6.92 Å². The Kier molecular flexibility index (Phi) is 15.6. The lowest BCUT2D eigenvalue weighted by atomic mass is 9.78. The van der Waals surface area contributed by atoms with Gasteiger partial charge in [0.25, 0.3) is 0 Å². The van der Waals surface area contributed by atoms with E-state index in [4.69, 9.17) is 23.7 Å². The number of hydrogen-bond donors (Lipinski definition) is 1. The molecule has 326 valence electrons. The fourth-order valence-corrected chi connectivity index (χ4v) is 9.90. The molecule has 0 bridgehead atoms. The smallest absolute Gasteiger partial charge is 0.411 e. The van der Waals surface area contributed by atoms with E-state index in [2.05, 4.69) is 27.5 Å². The maximum atomic E-state index is 14.4. The number of methoxy groups -OCH3 is 1. The van der Waals surface area contributed by atoms with Crippen LogP contribution in [0.25, 0.3) is 11.4 Å². The van der Waals surface area contributed by atoms with Crippen molar-refractivity contribution in [1.82, 2.24) is 35.1 Å². The van der Waals surface area contributed by atoms with Gasteiger partial charge in [-0.05, 0) is 92.6 Å². The SMILES string of the molecule is CC[C@H]1OC(=O)[C@H](C)C(=O)[C@H](C)[C@@H](O[C@@H]2OC(C)CC(N(C)C)C2P=O)[C@](C)(OC)C[C@@H](C)CN[C@H](C)[C@H]2N(C/C=C/Cn3cc(-c4ccccn4)nn3)C(=O)O[C@]12C. The summed E-state index contributed by atoms with van der Waals surface area (Å²) in [7, 11) is 5.32. The first kappa shape index (κ1) is 46.4. The Morgan fingerprint density at radius 3 is 2.44 bits per heavy atom. The molecule has 3 unspecified atom stereocenters. The molecule has 16 nitrogen and oxygen atoms in total. The van der Waals surface area contributed by atoms with E-state index in [9.17, 15) is 18.9 Å². The number of nitrogens with one attached hydrogen (secondary N) is 1. The third-order valence-electron chi connectivity index (χ3n) is 12.4. The molecule has 5 rings (SSSR count). The second-order valence-electron chi connectivity index (χ2n) is 17.2. The molecule has 3 aliphatic rings. The summed E-state index contributed by atoms with van der Waals surface area (Å²) >= 11 is 0. The van der Waals surface area contributed by atoms with Crippen LogP contribution in [0.4, 0.5) is 4.79 Å². The highest BCUT2D eigenvalue weighted by atomic mass is 31.1. The second-order valence-corrected chi connectivity index (χ2v) is 18.0. The van der Waals surface area contributed by atoms with Crippen molar-refractivity contribution >= 4 is 26.3 Å². The van der Waals surface area contributed by atoms with Crippen LogP contribution in [-0.4, -0.2) is 142 Å². The van der Waals surface area contributed by atoms with Gasteiger partial charge >= 0.3 is 12.1 Å². The molecule has 59 heavy (non-hydrogen) atoms. The van der Waals surface area contributed by atoms with Gasteiger partial charge in [0.05, 0.1) is 42.3 Å². The summed E-state index contributed by atoms with van der Waals surface area (Å²) in [4.78, 5) is 50.2. The molecule has 13 atom stereocenters. The molecule has 1 N–H and O–H groups in total. The molecule has 3 aliphatic heterocycles. The number of esters is 1. The maximum Gasteiger partial charge on any atom is 0.411 e. The van der Waals surface area contributed by atoms with Gasteiger partial charge in [-0.1, -0.05) is 44.2 Å². The fourth-order valence-electron chi connectivity index (χ4n) is 9.13. The van der Waals surface area contributed by atoms with Crippen LogP contribution in [0.2, 0.25) is 0 Å². The summed E-state index contributed by atoms with van der Waals surface area (Å²) in [5, 5.41) is 12.1. The monoisotopic (exact) mass is 841 g/mol. The molecule has 3 fully saturated rings. The van der Waals surface area contributed by atoms with Crippen molar-refractivity contribution in [2.24, 2.45) is 17.8 Å². The van der Waals surface area contributed by atoms with Crippen molar-refractivity contribution in [2.45, 2.75) is 141 Å². The van der Waals surface area contributed by atoms with Crippen molar-refractivity contribution in [3.63, 3.8) is 0 Å². The first-order valence-electron chi connectivity index (χ1n) is 20.8. The number of pyridine rings is 1. The molecule has 0 radical (unpaired) electrons. The summed E-state index contributed by atoms with van der Waals surface area (Å²) in [6.07, 6.45) is 5.35. The molecule has 0 aliphatic carbocycles. The van der Waals surface area contributed by atoms with Crippen molar-refractivity contribution in [3.8, 4) is 11.4 Å². The number of ketones is 1. The number of nitrogens with zero attached hydrogens (tertiary/aromatic N) is 6. The van der Waals surface area contributed by atoms with Gasteiger partial charge in [-0.15, -0.1) is 5.10 Å². The highest BCUT2D eigenvalue weighted by molar-refractivity contribution is 7.25. The number of rotatable bonds is 11. The van der Waals surface area contributed by atoms with Gasteiger partial charge in [-0.25, -0.2) is 9.48 Å². The van der Waals surface area contributed by atoms with E-state index in [0.717, 1.165) is 5.69 Å². The Bertz CT molecular complexity index is 1780. The number of hydrogen-bond acceptors (Lipinski definition) is 14. The van der Waals surface area contributed by atoms with Gasteiger partial charge in [0.2, 0.25) is 0 Å². The predicted molar refractivity (Wildman–Crippen MR) is 221 cm³/mol. The Hall–Kier alpha value is -3.66. The zero-order chi connectivity index (χ0) is 43.2. The molecule has 2 aromatic rings. The lowest BCUT2D eigenvalue weighted by Gasteiger charge is -2.46. The van der Waals surface area contributed by atoms with E-state index in [-0.39, 0.29) is 39.1 Å². The second kappa shape index (κ2) is 19.8. The number of amides is 1. The number of cyclic esters (lactones) is 1. The number of carbonyl (C=O) groups is 3. The topological polar surface area (TPSA) is 177 Å². The summed E-state index contributed by atoms with van der Waals surface area (Å²) in [6.45, 7) is 16.0. The minimum atomic E-state index is -1.26. The predicted octanol–water partition coefficient (Wildman–Crippen LogP) is 5.17. The first-order chi connectivity index (χ1) is 28.0. The third kappa shape index (κ3) is 10.3. The highest BCUT2D eigenvalue weighted by Gasteiger charge is 2.58. The largest absolute Gasteiger partial charge is 0.458 e. The van der Waals surface area contributed by atoms with Gasteiger partial charge in [0.15, 0.2) is 26.1 Å². The molecule has 3 saturated heterocycles. The Balaban J connectivity index is 1.42. The van der Waals surface area contributed by atoms with Crippen molar-refractivity contribution in [1.29, 1.82) is 0 Å². The van der Waals surface area contributed by atoms with Gasteiger partial charge in [0, 0.05) is 37.9 Å². The van der Waals surface area contributed by atoms with E-state index in [1.54, 1.807) is 36.7 Å². The van der Waals surface area contributed by atoms with E-state index in [0.29, 0.717) is 38.0 Å². The van der Waals surface area contributed by atoms with Crippen molar-refractivity contribution in [3.05, 3.63) is 42.7 Å². The average molecular weight is 842 g/mol. The fraction of sp³-hybridized carbons (Fsp3) is 0.714. The van der Waals surface area contributed by atoms with Crippen LogP contribution in [0, 0.1) is 17.8 Å². The molecule has 2 aromatic heterocycles. The van der Waals surface area contributed by atoms with Crippen LogP contribution in [0.3, 0.4) is 0 Å². The van der Waals surface area contributed by atoms with Gasteiger partial charge < -0.3 is 33.9 Å². The van der Waals surface area contributed by atoms with E-state index < -0.39 is 71.1 Å². The Morgan fingerprint density at radius 2 is 1.80 bits per heavy atom. The van der Waals surface area contributed by atoms with Crippen LogP contribution < -0.4 is 5.32 Å². The minimum absolute atomic E-state index is 0.0244. The maximum absolute atomic E-state index is 14.4. The zero-order valence-corrected chi connectivity index (χ0v) is 37.3. The number of aromatic nitrogens is 4. The molecular formula is C42H64N7O9P. The standard InChI is InChI=1S/C42H64N7O9P/c1-12-33-42(8)36(49(40(52)58-42)20-16-15-19-48-24-31(45-46-48)30-17-13-14-18-43-30)29(6)44-23-25(2)22-41(7,54-11)37(27(4)34(50)28(5)38(51)56-33)57-39-35(59-53)32(47(9)10)21-26(3)55-39/h13-18,24-29,32-33,35-37,39,44H,12,19-23H2,1-11H3/b16-15+/t25-,26?,27+,28-,29-,32?,33-,35?,36-,37-,39+,41-,42-/m1/s1. The number of fused-ring (bicyclic) bond motifs is 1. The Labute approximate surface area is 350 Å². The summed E-state index contributed by atoms with van der Waals surface area (Å²) in [5.41, 5.74) is -1.46. The molecular weight excluding hydrogens is 777 g/mol. The molecule has 1 amide bonds. The first-order valence-corrected chi connectivity index (χ1v) is 21.6. The molecule has 5 heterocycles. The molecule has 0 saturated carbocycles. The minimum Gasteiger partial charge on any atom is -0.458 e. The Morgan fingerprint density at radius 1 is 1.07 bits per heavy atom. The van der Waals surface area contributed by atoms with Crippen molar-refractivity contribution in [2.75, 3.05) is 34.3 Å². The van der Waals surface area contributed by atoms with Crippen molar-refractivity contribution < 1.29 is 42.6 Å². The van der Waals surface area contributed by atoms with Crippen LogP contribution in [-0.2, 0) is 44.4 Å². The van der Waals surface area contributed by atoms with Gasteiger partial charge in [-0.3, -0.25) is 24.0 Å². The van der Waals surface area contributed by atoms with Gasteiger partial charge in [0.1, 0.15) is 23.4 Å². The number of Topliss-reactive ketones (excluding diaryl/α,β-unsaturated/α-hetero) is 1. The van der Waals surface area contributed by atoms with Gasteiger partial charge in [-0.2, -0.15) is 0 Å². The average Bonchev–Trinajstić information content (AvgIpc) is 3.79. The molecule has 0 aromatic carbocycles. The quantitative estimate of drug-likeness (QED) is 0.136. The zero-order valence-electron chi connectivity index (χ0n) is 36.4. The molecule has 17 heteroatoms. The van der Waals surface area contributed by atoms with Crippen LogP contribution in [0.5, 0.6) is 0 Å². The highest BCUT2D eigenvalue weighted by Crippen LogP contribution is 2.41. The summed E-state index contributed by atoms with van der Waals surface area (Å²) in [5.74, 6) is -3.19. The number of allylic oxidation sites excluding steroid dienone is 1. The summed E-state index contributed by atoms with van der Waals surface area (Å²) < 4.78 is 46.1. The normalized spacial score (nSPS) is 36.6. The lowest BCUT2D eigenvalue weighted by molar-refractivity contribution is -0.260. The summed E-state index contributed by atoms with van der Waals surface area (Å²) in [6, 6.07) is 4.61. The lowest BCUT2D eigenvalue weighted by Crippen LogP contribution is -2.60. The van der Waals surface area contributed by atoms with Crippen LogP contribution in [0.1, 0.15) is 74.7 Å². The number of ether oxygens (including phenoxy) is 5. The van der Waals surface area contributed by atoms with Crippen LogP contribution >= 0.6 is 8.46 Å². The number of carbonyl (C=O) groups excluding carboxylic acids is 3.